The Bertz CT molecular complexity index is 572. The van der Waals surface area contributed by atoms with Crippen LogP contribution in [0.2, 0.25) is 0 Å². The average molecular weight is 277 g/mol. The van der Waals surface area contributed by atoms with E-state index in [0.717, 1.165) is 21.8 Å². The van der Waals surface area contributed by atoms with Crippen molar-refractivity contribution in [3.8, 4) is 10.6 Å². The van der Waals surface area contributed by atoms with Gasteiger partial charge < -0.3 is 5.11 Å². The number of hydrogen-bond donors (Lipinski definition) is 1. The van der Waals surface area contributed by atoms with Gasteiger partial charge in [0.05, 0.1) is 12.3 Å². The highest BCUT2D eigenvalue weighted by Crippen LogP contribution is 2.25. The maximum Gasteiger partial charge on any atom is 0.124 e. The molecule has 0 aliphatic carbocycles. The van der Waals surface area contributed by atoms with Crippen LogP contribution in [0.25, 0.3) is 16.6 Å². The molecular weight excluding hydrogens is 261 g/mol. The van der Waals surface area contributed by atoms with E-state index < -0.39 is 0 Å². The lowest BCUT2D eigenvalue weighted by atomic mass is 10.0. The minimum Gasteiger partial charge on any atom is -0.392 e. The van der Waals surface area contributed by atoms with Crippen molar-refractivity contribution >= 4 is 17.4 Å². The Morgan fingerprint density at radius 3 is 2.63 bits per heavy atom. The van der Waals surface area contributed by atoms with Gasteiger partial charge in [0, 0.05) is 10.9 Å². The Morgan fingerprint density at radius 1 is 1.37 bits per heavy atom. The first-order valence-corrected chi connectivity index (χ1v) is 7.01. The van der Waals surface area contributed by atoms with Gasteiger partial charge in [-0.05, 0) is 41.8 Å². The van der Waals surface area contributed by atoms with Crippen molar-refractivity contribution in [2.75, 3.05) is 6.61 Å². The predicted molar refractivity (Wildman–Crippen MR) is 77.4 cm³/mol. The van der Waals surface area contributed by atoms with Crippen molar-refractivity contribution in [3.05, 3.63) is 46.7 Å². The topological polar surface area (TPSA) is 33.1 Å². The molecule has 1 heterocycles. The van der Waals surface area contributed by atoms with Gasteiger partial charge >= 0.3 is 0 Å². The van der Waals surface area contributed by atoms with Crippen LogP contribution >= 0.6 is 11.3 Å². The molecule has 0 aliphatic rings. The van der Waals surface area contributed by atoms with E-state index in [2.05, 4.69) is 4.98 Å². The van der Waals surface area contributed by atoms with Crippen LogP contribution in [0.4, 0.5) is 4.39 Å². The Labute approximate surface area is 116 Å². The van der Waals surface area contributed by atoms with Crippen molar-refractivity contribution in [3.63, 3.8) is 0 Å². The molecule has 0 unspecified atom stereocenters. The van der Waals surface area contributed by atoms with Gasteiger partial charge in [0.1, 0.15) is 10.8 Å². The summed E-state index contributed by atoms with van der Waals surface area (Å²) in [6.45, 7) is 4.12. The molecule has 4 heteroatoms. The number of benzene rings is 1. The summed E-state index contributed by atoms with van der Waals surface area (Å²) < 4.78 is 12.9. The number of halogens is 1. The largest absolute Gasteiger partial charge is 0.392 e. The fraction of sp³-hybridized carbons (Fsp3) is 0.267. The third kappa shape index (κ3) is 3.49. The number of hydrogen-bond acceptors (Lipinski definition) is 3. The summed E-state index contributed by atoms with van der Waals surface area (Å²) in [6.07, 6.45) is 1.91. The van der Waals surface area contributed by atoms with E-state index in [1.165, 1.54) is 23.5 Å². The molecule has 0 bridgehead atoms. The molecule has 100 valence electrons. The second-order valence-corrected chi connectivity index (χ2v) is 5.47. The molecule has 1 aromatic heterocycles. The first kappa shape index (κ1) is 13.9. The van der Waals surface area contributed by atoms with E-state index in [-0.39, 0.29) is 12.4 Å². The molecular formula is C15H16FNOS. The summed E-state index contributed by atoms with van der Waals surface area (Å²) in [5, 5.41) is 12.1. The number of aliphatic hydroxyl groups excluding tert-OH is 1. The molecule has 0 saturated heterocycles. The van der Waals surface area contributed by atoms with Crippen LogP contribution in [0.1, 0.15) is 19.5 Å². The van der Waals surface area contributed by atoms with E-state index in [0.29, 0.717) is 5.92 Å². The Hall–Kier alpha value is -1.52. The first-order valence-electron chi connectivity index (χ1n) is 6.13. The van der Waals surface area contributed by atoms with Crippen molar-refractivity contribution < 1.29 is 9.50 Å². The summed E-state index contributed by atoms with van der Waals surface area (Å²) in [7, 11) is 0. The molecule has 0 aliphatic heterocycles. The van der Waals surface area contributed by atoms with Crippen molar-refractivity contribution in [1.29, 1.82) is 0 Å². The predicted octanol–water partition coefficient (Wildman–Crippen LogP) is 3.98. The summed E-state index contributed by atoms with van der Waals surface area (Å²) in [5.41, 5.74) is 2.69. The monoisotopic (exact) mass is 277 g/mol. The lowest BCUT2D eigenvalue weighted by Crippen LogP contribution is -1.98. The first-order chi connectivity index (χ1) is 9.10. The molecule has 2 nitrogen and oxygen atoms in total. The van der Waals surface area contributed by atoms with Crippen LogP contribution in [-0.4, -0.2) is 16.7 Å². The number of aromatic nitrogens is 1. The number of nitrogens with zero attached hydrogens (tertiary/aromatic N) is 1. The average Bonchev–Trinajstić information content (AvgIpc) is 2.85. The molecule has 1 aromatic carbocycles. The molecule has 19 heavy (non-hydrogen) atoms. The molecule has 1 N–H and O–H groups in total. The van der Waals surface area contributed by atoms with E-state index >= 15 is 0 Å². The third-order valence-electron chi connectivity index (χ3n) is 2.87. The summed E-state index contributed by atoms with van der Waals surface area (Å²) >= 11 is 1.51. The van der Waals surface area contributed by atoms with Gasteiger partial charge in [0.15, 0.2) is 0 Å². The van der Waals surface area contributed by atoms with Crippen LogP contribution in [0.5, 0.6) is 0 Å². The Morgan fingerprint density at radius 2 is 2.05 bits per heavy atom. The van der Waals surface area contributed by atoms with Crippen LogP contribution in [-0.2, 0) is 0 Å². The van der Waals surface area contributed by atoms with Gasteiger partial charge in [0.2, 0.25) is 0 Å². The molecule has 0 fully saturated rings. The minimum absolute atomic E-state index is 0.0427. The highest BCUT2D eigenvalue weighted by molar-refractivity contribution is 7.13. The highest BCUT2D eigenvalue weighted by atomic mass is 32.1. The molecule has 0 amide bonds. The van der Waals surface area contributed by atoms with Crippen molar-refractivity contribution in [1.82, 2.24) is 4.98 Å². The lowest BCUT2D eigenvalue weighted by Gasteiger charge is -2.06. The van der Waals surface area contributed by atoms with Crippen LogP contribution < -0.4 is 0 Å². The highest BCUT2D eigenvalue weighted by Gasteiger charge is 2.06. The quantitative estimate of drug-likeness (QED) is 0.917. The smallest absolute Gasteiger partial charge is 0.124 e. The van der Waals surface area contributed by atoms with E-state index in [1.54, 1.807) is 12.1 Å². The van der Waals surface area contributed by atoms with Crippen LogP contribution in [0, 0.1) is 11.7 Å². The Balaban J connectivity index is 2.26. The molecule has 0 atom stereocenters. The summed E-state index contributed by atoms with van der Waals surface area (Å²) in [5.74, 6) is 0.0452. The second-order valence-electron chi connectivity index (χ2n) is 4.62. The normalized spacial score (nSPS) is 12.2. The molecule has 0 spiro atoms. The zero-order chi connectivity index (χ0) is 13.8. The van der Waals surface area contributed by atoms with Crippen molar-refractivity contribution in [2.24, 2.45) is 5.92 Å². The van der Waals surface area contributed by atoms with Crippen LogP contribution in [0.3, 0.4) is 0 Å². The van der Waals surface area contributed by atoms with Gasteiger partial charge in [0.25, 0.3) is 0 Å². The summed E-state index contributed by atoms with van der Waals surface area (Å²) in [4.78, 5) is 4.49. The minimum atomic E-state index is -0.247. The number of rotatable bonds is 4. The zero-order valence-corrected chi connectivity index (χ0v) is 11.7. The van der Waals surface area contributed by atoms with E-state index in [9.17, 15) is 9.50 Å². The lowest BCUT2D eigenvalue weighted by molar-refractivity contribution is 0.320. The van der Waals surface area contributed by atoms with Crippen molar-refractivity contribution in [2.45, 2.75) is 13.8 Å². The molecule has 0 saturated carbocycles. The van der Waals surface area contributed by atoms with Gasteiger partial charge in [-0.25, -0.2) is 9.37 Å². The second kappa shape index (κ2) is 6.08. The fourth-order valence-electron chi connectivity index (χ4n) is 1.66. The fourth-order valence-corrected chi connectivity index (χ4v) is 2.45. The molecule has 0 radical (unpaired) electrons. The van der Waals surface area contributed by atoms with Gasteiger partial charge in [-0.2, -0.15) is 0 Å². The third-order valence-corrected chi connectivity index (χ3v) is 3.78. The van der Waals surface area contributed by atoms with E-state index in [4.69, 9.17) is 0 Å². The van der Waals surface area contributed by atoms with E-state index in [1.807, 2.05) is 25.3 Å². The Kier molecular flexibility index (Phi) is 4.45. The number of aliphatic hydroxyl groups is 1. The standard InChI is InChI=1S/C15H16FNOS/c1-10(2)12(8-18)7-14-9-19-15(17-14)11-3-5-13(16)6-4-11/h3-7,9-10,18H,8H2,1-2H3. The zero-order valence-electron chi connectivity index (χ0n) is 10.9. The van der Waals surface area contributed by atoms with Gasteiger partial charge in [-0.3, -0.25) is 0 Å². The summed E-state index contributed by atoms with van der Waals surface area (Å²) in [6, 6.07) is 6.30. The maximum absolute atomic E-state index is 12.9. The SMILES string of the molecule is CC(C)C(=Cc1csc(-c2ccc(F)cc2)n1)CO. The molecule has 2 aromatic rings. The molecule has 2 rings (SSSR count). The van der Waals surface area contributed by atoms with Gasteiger partial charge in [-0.1, -0.05) is 13.8 Å². The maximum atomic E-state index is 12.9. The van der Waals surface area contributed by atoms with Gasteiger partial charge in [-0.15, -0.1) is 11.3 Å². The van der Waals surface area contributed by atoms with Crippen LogP contribution in [0.15, 0.2) is 35.2 Å². The number of thiazole rings is 1.